The highest BCUT2D eigenvalue weighted by Crippen LogP contribution is 2.41. The molecular formula is C24H37ClN4O5. The van der Waals surface area contributed by atoms with Gasteiger partial charge in [-0.2, -0.15) is 4.98 Å². The third-order valence-corrected chi connectivity index (χ3v) is 6.23. The number of fused-ring (bicyclic) bond motifs is 1. The summed E-state index contributed by atoms with van der Waals surface area (Å²) in [6.45, 7) is 10.7. The van der Waals surface area contributed by atoms with Crippen LogP contribution in [0.4, 0.5) is 4.79 Å². The number of alkyl carbamates (subject to hydrolysis) is 1. The molecule has 1 amide bonds. The number of methoxy groups -OCH3 is 1. The largest absolute Gasteiger partial charge is 0.444 e. The van der Waals surface area contributed by atoms with Gasteiger partial charge in [0, 0.05) is 38.5 Å². The number of aromatic nitrogens is 3. The molecule has 10 heteroatoms. The second kappa shape index (κ2) is 11.2. The van der Waals surface area contributed by atoms with Gasteiger partial charge in [-0.15, -0.1) is 0 Å². The van der Waals surface area contributed by atoms with E-state index in [-0.39, 0.29) is 11.4 Å². The molecule has 0 bridgehead atoms. The summed E-state index contributed by atoms with van der Waals surface area (Å²) in [5, 5.41) is 3.98. The Morgan fingerprint density at radius 2 is 1.91 bits per heavy atom. The predicted molar refractivity (Wildman–Crippen MR) is 130 cm³/mol. The molecule has 190 valence electrons. The zero-order chi connectivity index (χ0) is 24.9. The van der Waals surface area contributed by atoms with Crippen LogP contribution in [0.3, 0.4) is 0 Å². The Morgan fingerprint density at radius 3 is 2.47 bits per heavy atom. The van der Waals surface area contributed by atoms with Crippen molar-refractivity contribution in [2.24, 2.45) is 0 Å². The number of amides is 1. The van der Waals surface area contributed by atoms with E-state index in [4.69, 9.17) is 30.5 Å². The maximum absolute atomic E-state index is 12.6. The van der Waals surface area contributed by atoms with E-state index in [0.717, 1.165) is 36.8 Å². The van der Waals surface area contributed by atoms with Crippen molar-refractivity contribution in [3.8, 4) is 0 Å². The fourth-order valence-electron chi connectivity index (χ4n) is 4.58. The topological polar surface area (TPSA) is 96.7 Å². The molecule has 3 rings (SSSR count). The average molecular weight is 497 g/mol. The molecule has 1 saturated carbocycles. The smallest absolute Gasteiger partial charge is 0.407 e. The van der Waals surface area contributed by atoms with Crippen molar-refractivity contribution in [3.05, 3.63) is 23.2 Å². The van der Waals surface area contributed by atoms with E-state index in [2.05, 4.69) is 19.9 Å². The van der Waals surface area contributed by atoms with Crippen molar-refractivity contribution >= 4 is 28.7 Å². The van der Waals surface area contributed by atoms with Gasteiger partial charge in [0.05, 0.1) is 17.3 Å². The van der Waals surface area contributed by atoms with Crippen LogP contribution in [-0.2, 0) is 24.5 Å². The second-order valence-corrected chi connectivity index (χ2v) is 9.92. The number of halogens is 1. The van der Waals surface area contributed by atoms with Gasteiger partial charge in [0.1, 0.15) is 11.2 Å². The molecule has 0 saturated heterocycles. The Morgan fingerprint density at radius 1 is 1.26 bits per heavy atom. The minimum absolute atomic E-state index is 0.156. The van der Waals surface area contributed by atoms with Crippen LogP contribution < -0.4 is 5.32 Å². The Balaban J connectivity index is 2.10. The summed E-state index contributed by atoms with van der Waals surface area (Å²) >= 11 is 6.22. The zero-order valence-corrected chi connectivity index (χ0v) is 21.8. The Bertz CT molecular complexity index is 960. The number of carbonyl (C=O) groups excluding carboxylic acids is 1. The van der Waals surface area contributed by atoms with Gasteiger partial charge in [-0.05, 0) is 78.0 Å². The van der Waals surface area contributed by atoms with E-state index in [1.807, 2.05) is 40.7 Å². The van der Waals surface area contributed by atoms with E-state index in [1.165, 1.54) is 0 Å². The first kappa shape index (κ1) is 26.7. The Labute approximate surface area is 206 Å². The first-order valence-electron chi connectivity index (χ1n) is 11.9. The molecule has 1 aliphatic carbocycles. The SMILES string of the molecule is CCOC(OCC)c1cc2cnc(Cl)nc2n1[C@]1(CNC(=O)OC(C)(C)C)CC[C@H](OC)CC1. The normalized spacial score (nSPS) is 21.2. The number of rotatable bonds is 9. The van der Waals surface area contributed by atoms with Crippen molar-refractivity contribution in [1.29, 1.82) is 0 Å². The van der Waals surface area contributed by atoms with E-state index in [1.54, 1.807) is 13.3 Å². The molecule has 0 aromatic carbocycles. The molecule has 1 N–H and O–H groups in total. The fraction of sp³-hybridized carbons (Fsp3) is 0.708. The van der Waals surface area contributed by atoms with Gasteiger partial charge in [0.15, 0.2) is 6.29 Å². The van der Waals surface area contributed by atoms with Crippen LogP contribution >= 0.6 is 11.6 Å². The van der Waals surface area contributed by atoms with E-state index >= 15 is 0 Å². The molecule has 2 aromatic rings. The number of hydrogen-bond donors (Lipinski definition) is 1. The average Bonchev–Trinajstić information content (AvgIpc) is 3.16. The molecule has 1 fully saturated rings. The maximum atomic E-state index is 12.6. The molecule has 0 unspecified atom stereocenters. The highest BCUT2D eigenvalue weighted by molar-refractivity contribution is 6.28. The van der Waals surface area contributed by atoms with Crippen LogP contribution in [-0.4, -0.2) is 59.2 Å². The standard InChI is InChI=1S/C24H37ClN4O5/c1-7-32-20(33-8-2)18-13-16-14-26-21(25)28-19(16)29(18)24(11-9-17(31-6)10-12-24)15-27-22(30)34-23(3,4)5/h13-14,17,20H,7-12,15H2,1-6H3,(H,27,30)/t17-,24+. The van der Waals surface area contributed by atoms with Gasteiger partial charge >= 0.3 is 6.09 Å². The summed E-state index contributed by atoms with van der Waals surface area (Å²) in [7, 11) is 1.74. The molecule has 9 nitrogen and oxygen atoms in total. The summed E-state index contributed by atoms with van der Waals surface area (Å²) in [5.74, 6) is 0. The summed E-state index contributed by atoms with van der Waals surface area (Å²) in [6, 6.07) is 1.99. The van der Waals surface area contributed by atoms with Crippen LogP contribution in [0.1, 0.15) is 72.3 Å². The van der Waals surface area contributed by atoms with Crippen LogP contribution in [0, 0.1) is 0 Å². The van der Waals surface area contributed by atoms with Crippen molar-refractivity contribution in [1.82, 2.24) is 19.9 Å². The first-order valence-corrected chi connectivity index (χ1v) is 12.3. The van der Waals surface area contributed by atoms with E-state index < -0.39 is 23.5 Å². The maximum Gasteiger partial charge on any atom is 0.407 e. The highest BCUT2D eigenvalue weighted by atomic mass is 35.5. The minimum atomic E-state index is -0.596. The lowest BCUT2D eigenvalue weighted by Gasteiger charge is -2.43. The summed E-state index contributed by atoms with van der Waals surface area (Å²) < 4.78 is 25.2. The molecule has 34 heavy (non-hydrogen) atoms. The van der Waals surface area contributed by atoms with E-state index in [0.29, 0.717) is 25.4 Å². The monoisotopic (exact) mass is 496 g/mol. The van der Waals surface area contributed by atoms with E-state index in [9.17, 15) is 4.79 Å². The molecule has 2 heterocycles. The number of ether oxygens (including phenoxy) is 4. The summed E-state index contributed by atoms with van der Waals surface area (Å²) in [4.78, 5) is 21.4. The quantitative estimate of drug-likeness (QED) is 0.387. The molecule has 0 atom stereocenters. The molecular weight excluding hydrogens is 460 g/mol. The van der Waals surface area contributed by atoms with Crippen LogP contribution in [0.25, 0.3) is 11.0 Å². The number of hydrogen-bond acceptors (Lipinski definition) is 7. The summed E-state index contributed by atoms with van der Waals surface area (Å²) in [6.07, 6.45) is 3.98. The molecule has 2 aromatic heterocycles. The van der Waals surface area contributed by atoms with Crippen molar-refractivity contribution in [3.63, 3.8) is 0 Å². The molecule has 1 aliphatic rings. The van der Waals surface area contributed by atoms with Crippen LogP contribution in [0.15, 0.2) is 12.3 Å². The van der Waals surface area contributed by atoms with Gasteiger partial charge in [-0.3, -0.25) is 0 Å². The minimum Gasteiger partial charge on any atom is -0.444 e. The fourth-order valence-corrected chi connectivity index (χ4v) is 4.71. The number of nitrogens with zero attached hydrogens (tertiary/aromatic N) is 3. The lowest BCUT2D eigenvalue weighted by molar-refractivity contribution is -0.146. The van der Waals surface area contributed by atoms with Gasteiger partial charge < -0.3 is 28.8 Å². The van der Waals surface area contributed by atoms with Crippen LogP contribution in [0.5, 0.6) is 0 Å². The molecule has 0 radical (unpaired) electrons. The third kappa shape index (κ3) is 6.19. The predicted octanol–water partition coefficient (Wildman–Crippen LogP) is 4.97. The Hall–Kier alpha value is -1.94. The van der Waals surface area contributed by atoms with Crippen molar-refractivity contribution in [2.45, 2.75) is 83.8 Å². The van der Waals surface area contributed by atoms with Gasteiger partial charge in [0.25, 0.3) is 0 Å². The highest BCUT2D eigenvalue weighted by Gasteiger charge is 2.41. The van der Waals surface area contributed by atoms with Gasteiger partial charge in [0.2, 0.25) is 5.28 Å². The Kier molecular flexibility index (Phi) is 8.78. The van der Waals surface area contributed by atoms with Gasteiger partial charge in [-0.1, -0.05) is 0 Å². The van der Waals surface area contributed by atoms with Gasteiger partial charge in [-0.25, -0.2) is 9.78 Å². The molecule has 0 aliphatic heterocycles. The van der Waals surface area contributed by atoms with Crippen molar-refractivity contribution < 1.29 is 23.7 Å². The number of carbonyl (C=O) groups is 1. The lowest BCUT2D eigenvalue weighted by Crippen LogP contribution is -2.50. The van der Waals surface area contributed by atoms with Crippen LogP contribution in [0.2, 0.25) is 5.28 Å². The molecule has 0 spiro atoms. The zero-order valence-electron chi connectivity index (χ0n) is 21.0. The lowest BCUT2D eigenvalue weighted by atomic mass is 9.79. The van der Waals surface area contributed by atoms with Crippen molar-refractivity contribution in [2.75, 3.05) is 26.9 Å². The summed E-state index contributed by atoms with van der Waals surface area (Å²) in [5.41, 5.74) is 0.400. The first-order chi connectivity index (χ1) is 16.1. The second-order valence-electron chi connectivity index (χ2n) is 9.58. The number of nitrogens with one attached hydrogen (secondary N) is 1. The third-order valence-electron chi connectivity index (χ3n) is 6.05.